The molecule has 0 aromatic heterocycles. The number of carbonyl (C=O) groups is 3. The summed E-state index contributed by atoms with van der Waals surface area (Å²) < 4.78 is 17.0. The van der Waals surface area contributed by atoms with Gasteiger partial charge in [-0.05, 0) is 83.5 Å². The Bertz CT molecular complexity index is 1390. The van der Waals surface area contributed by atoms with E-state index in [1.807, 2.05) is 0 Å². The average Bonchev–Trinajstić information content (AvgIpc) is 3.44. The summed E-state index contributed by atoms with van der Waals surface area (Å²) in [6.07, 6.45) is 85.2. The molecule has 0 heterocycles. The molecule has 0 amide bonds. The van der Waals surface area contributed by atoms with Crippen LogP contribution in [0.1, 0.15) is 361 Å². The van der Waals surface area contributed by atoms with E-state index < -0.39 is 6.10 Å². The molecule has 0 saturated carbocycles. The van der Waals surface area contributed by atoms with E-state index >= 15 is 0 Å². The van der Waals surface area contributed by atoms with Gasteiger partial charge in [0.2, 0.25) is 0 Å². The van der Waals surface area contributed by atoms with Gasteiger partial charge in [-0.2, -0.15) is 0 Å². The predicted octanol–water partition coefficient (Wildman–Crippen LogP) is 23.5. The minimum absolute atomic E-state index is 0.0764. The van der Waals surface area contributed by atoms with Gasteiger partial charge in [0, 0.05) is 19.3 Å². The number of hydrogen-bond acceptors (Lipinski definition) is 6. The lowest BCUT2D eigenvalue weighted by Gasteiger charge is -2.18. The van der Waals surface area contributed by atoms with Crippen molar-refractivity contribution in [2.45, 2.75) is 367 Å². The van der Waals surface area contributed by atoms with Crippen molar-refractivity contribution in [3.05, 3.63) is 60.8 Å². The van der Waals surface area contributed by atoms with Crippen LogP contribution >= 0.6 is 0 Å². The molecule has 454 valence electrons. The minimum atomic E-state index is -0.782. The molecule has 0 aliphatic heterocycles. The quantitative estimate of drug-likeness (QED) is 0.0261. The molecule has 0 bridgehead atoms. The summed E-state index contributed by atoms with van der Waals surface area (Å²) in [5.74, 6) is -0.870. The Labute approximate surface area is 485 Å². The van der Waals surface area contributed by atoms with E-state index in [9.17, 15) is 14.4 Å². The van der Waals surface area contributed by atoms with Crippen LogP contribution in [0.4, 0.5) is 0 Å². The van der Waals surface area contributed by atoms with E-state index in [2.05, 4.69) is 81.5 Å². The third kappa shape index (κ3) is 63.9. The Kier molecular flexibility index (Phi) is 64.2. The third-order valence-corrected chi connectivity index (χ3v) is 15.3. The van der Waals surface area contributed by atoms with Crippen molar-refractivity contribution < 1.29 is 28.6 Å². The van der Waals surface area contributed by atoms with Crippen molar-refractivity contribution >= 4 is 17.9 Å². The van der Waals surface area contributed by atoms with Crippen molar-refractivity contribution in [2.24, 2.45) is 0 Å². The smallest absolute Gasteiger partial charge is 0.306 e. The van der Waals surface area contributed by atoms with Crippen LogP contribution in [0.25, 0.3) is 0 Å². The van der Waals surface area contributed by atoms with Gasteiger partial charge in [0.25, 0.3) is 0 Å². The number of esters is 3. The molecule has 0 aromatic rings. The summed E-state index contributed by atoms with van der Waals surface area (Å²) in [5.41, 5.74) is 0. The van der Waals surface area contributed by atoms with Crippen LogP contribution < -0.4 is 0 Å². The standard InChI is InChI=1S/C72H130O6/c1-4-7-10-13-16-19-22-25-28-31-33-35-36-38-39-41-44-47-50-53-56-59-62-65-71(74)77-68-69(67-76-70(73)64-61-58-55-52-49-46-43-30-27-24-21-18-15-12-9-6-3)78-72(75)66-63-60-57-54-51-48-45-42-40-37-34-32-29-26-23-20-17-14-11-8-5-2/h8,11,17,20,26,29-30,34,37,43,69H,4-7,9-10,12-16,18-19,21-25,27-28,31-33,35-36,38-42,44-68H2,1-3H3/b11-8-,20-17-,29-26-,37-34-,43-30-. The van der Waals surface area contributed by atoms with Crippen molar-refractivity contribution in [1.82, 2.24) is 0 Å². The van der Waals surface area contributed by atoms with Gasteiger partial charge >= 0.3 is 17.9 Å². The highest BCUT2D eigenvalue weighted by Gasteiger charge is 2.19. The Hall–Kier alpha value is -2.89. The first-order valence-corrected chi connectivity index (χ1v) is 34.3. The number of rotatable bonds is 63. The van der Waals surface area contributed by atoms with Gasteiger partial charge in [-0.1, -0.05) is 319 Å². The third-order valence-electron chi connectivity index (χ3n) is 15.3. The predicted molar refractivity (Wildman–Crippen MR) is 339 cm³/mol. The molecule has 0 fully saturated rings. The molecule has 0 spiro atoms. The van der Waals surface area contributed by atoms with Gasteiger partial charge in [-0.25, -0.2) is 0 Å². The maximum atomic E-state index is 12.9. The van der Waals surface area contributed by atoms with Crippen molar-refractivity contribution in [3.63, 3.8) is 0 Å². The summed E-state index contributed by atoms with van der Waals surface area (Å²) >= 11 is 0. The topological polar surface area (TPSA) is 78.9 Å². The molecule has 6 heteroatoms. The van der Waals surface area contributed by atoms with E-state index in [1.54, 1.807) is 0 Å². The Morgan fingerprint density at radius 1 is 0.269 bits per heavy atom. The first-order valence-electron chi connectivity index (χ1n) is 34.3. The lowest BCUT2D eigenvalue weighted by atomic mass is 10.0. The van der Waals surface area contributed by atoms with Crippen LogP contribution in [0.5, 0.6) is 0 Å². The summed E-state index contributed by atoms with van der Waals surface area (Å²) in [4.78, 5) is 38.4. The molecule has 1 unspecified atom stereocenters. The molecular weight excluding hydrogens is 961 g/mol. The molecule has 0 saturated heterocycles. The van der Waals surface area contributed by atoms with Crippen LogP contribution in [0.15, 0.2) is 60.8 Å². The molecule has 1 atom stereocenters. The number of ether oxygens (including phenoxy) is 3. The largest absolute Gasteiger partial charge is 0.462 e. The van der Waals surface area contributed by atoms with Gasteiger partial charge in [-0.15, -0.1) is 0 Å². The molecular formula is C72H130O6. The van der Waals surface area contributed by atoms with Gasteiger partial charge < -0.3 is 14.2 Å². The number of unbranched alkanes of at least 4 members (excludes halogenated alkanes) is 42. The van der Waals surface area contributed by atoms with Crippen LogP contribution in [0.2, 0.25) is 0 Å². The van der Waals surface area contributed by atoms with Crippen LogP contribution in [0.3, 0.4) is 0 Å². The summed E-state index contributed by atoms with van der Waals surface area (Å²) in [6, 6.07) is 0. The van der Waals surface area contributed by atoms with Gasteiger partial charge in [0.05, 0.1) is 0 Å². The average molecular weight is 1090 g/mol. The van der Waals surface area contributed by atoms with Gasteiger partial charge in [0.1, 0.15) is 13.2 Å². The highest BCUT2D eigenvalue weighted by Crippen LogP contribution is 2.18. The molecule has 0 aliphatic rings. The van der Waals surface area contributed by atoms with Gasteiger partial charge in [0.15, 0.2) is 6.10 Å². The second-order valence-electron chi connectivity index (χ2n) is 23.1. The lowest BCUT2D eigenvalue weighted by molar-refractivity contribution is -0.167. The van der Waals surface area contributed by atoms with Crippen molar-refractivity contribution in [1.29, 1.82) is 0 Å². The van der Waals surface area contributed by atoms with Crippen molar-refractivity contribution in [3.8, 4) is 0 Å². The molecule has 0 N–H and O–H groups in total. The zero-order chi connectivity index (χ0) is 56.4. The molecule has 0 aliphatic carbocycles. The molecule has 0 radical (unpaired) electrons. The van der Waals surface area contributed by atoms with E-state index in [4.69, 9.17) is 14.2 Å². The minimum Gasteiger partial charge on any atom is -0.462 e. The van der Waals surface area contributed by atoms with E-state index in [0.717, 1.165) is 96.3 Å². The number of allylic oxidation sites excluding steroid dienone is 10. The zero-order valence-electron chi connectivity index (χ0n) is 52.2. The Morgan fingerprint density at radius 3 is 0.795 bits per heavy atom. The second kappa shape index (κ2) is 66.6. The highest BCUT2D eigenvalue weighted by atomic mass is 16.6. The number of carbonyl (C=O) groups excluding carboxylic acids is 3. The number of hydrogen-bond donors (Lipinski definition) is 0. The molecule has 78 heavy (non-hydrogen) atoms. The lowest BCUT2D eigenvalue weighted by Crippen LogP contribution is -2.30. The normalized spacial score (nSPS) is 12.4. The molecule has 0 rings (SSSR count). The highest BCUT2D eigenvalue weighted by molar-refractivity contribution is 5.71. The van der Waals surface area contributed by atoms with Crippen LogP contribution in [-0.2, 0) is 28.6 Å². The Morgan fingerprint density at radius 2 is 0.500 bits per heavy atom. The molecule has 6 nitrogen and oxygen atoms in total. The van der Waals surface area contributed by atoms with Crippen LogP contribution in [0, 0.1) is 0 Å². The fraction of sp³-hybridized carbons (Fsp3) is 0.819. The van der Waals surface area contributed by atoms with Crippen LogP contribution in [-0.4, -0.2) is 37.2 Å². The fourth-order valence-electron chi connectivity index (χ4n) is 10.1. The zero-order valence-corrected chi connectivity index (χ0v) is 52.2. The monoisotopic (exact) mass is 1090 g/mol. The maximum absolute atomic E-state index is 12.9. The summed E-state index contributed by atoms with van der Waals surface area (Å²) in [5, 5.41) is 0. The van der Waals surface area contributed by atoms with E-state index in [0.29, 0.717) is 19.3 Å². The van der Waals surface area contributed by atoms with E-state index in [-0.39, 0.29) is 31.1 Å². The summed E-state index contributed by atoms with van der Waals surface area (Å²) in [6.45, 7) is 6.57. The molecule has 0 aromatic carbocycles. The first kappa shape index (κ1) is 75.1. The second-order valence-corrected chi connectivity index (χ2v) is 23.1. The summed E-state index contributed by atoms with van der Waals surface area (Å²) in [7, 11) is 0. The SMILES string of the molecule is CC/C=C\C/C=C\C/C=C\C/C=C\CCCCCCCCCCC(=O)OC(COC(=O)CCCCCCC/C=C\CCCCCCCCC)COC(=O)CCCCCCCCCCCCCCCCCCCCCCCCC. The van der Waals surface area contributed by atoms with E-state index in [1.165, 1.54) is 225 Å². The Balaban J connectivity index is 4.33. The van der Waals surface area contributed by atoms with Gasteiger partial charge in [-0.3, -0.25) is 14.4 Å². The fourth-order valence-corrected chi connectivity index (χ4v) is 10.1. The first-order chi connectivity index (χ1) is 38.5. The van der Waals surface area contributed by atoms with Crippen molar-refractivity contribution in [2.75, 3.05) is 13.2 Å². The maximum Gasteiger partial charge on any atom is 0.306 e.